The molecule has 0 amide bonds. The fourth-order valence-electron chi connectivity index (χ4n) is 2.31. The lowest BCUT2D eigenvalue weighted by atomic mass is 10.1. The first-order valence-corrected chi connectivity index (χ1v) is 6.83. The molecule has 0 bridgehead atoms. The van der Waals surface area contributed by atoms with Crippen LogP contribution in [0.2, 0.25) is 0 Å². The van der Waals surface area contributed by atoms with Gasteiger partial charge in [0, 0.05) is 31.3 Å². The third-order valence-corrected chi connectivity index (χ3v) is 3.46. The molecule has 5 heteroatoms. The summed E-state index contributed by atoms with van der Waals surface area (Å²) < 4.78 is 10.6. The third-order valence-electron chi connectivity index (χ3n) is 3.46. The van der Waals surface area contributed by atoms with Crippen LogP contribution in [0.5, 0.6) is 0 Å². The Bertz CT molecular complexity index is 535. The minimum absolute atomic E-state index is 0.560. The number of hydrogen-bond donors (Lipinski definition) is 1. The zero-order valence-corrected chi connectivity index (χ0v) is 11.2. The molecule has 5 nitrogen and oxygen atoms in total. The van der Waals surface area contributed by atoms with Crippen molar-refractivity contribution < 1.29 is 14.4 Å². The third kappa shape index (κ3) is 3.07. The Morgan fingerprint density at radius 2 is 1.95 bits per heavy atom. The Balaban J connectivity index is 1.66. The number of aliphatic hydroxyl groups is 1. The second kappa shape index (κ2) is 6.17. The van der Waals surface area contributed by atoms with E-state index in [9.17, 15) is 5.11 Å². The van der Waals surface area contributed by atoms with Crippen molar-refractivity contribution in [2.75, 3.05) is 32.8 Å². The summed E-state index contributed by atoms with van der Waals surface area (Å²) in [6.07, 6.45) is -0.630. The molecule has 1 atom stereocenters. The Kier molecular flexibility index (Phi) is 4.11. The molecule has 3 rings (SSSR count). The zero-order chi connectivity index (χ0) is 13.8. The second-order valence-electron chi connectivity index (χ2n) is 4.91. The van der Waals surface area contributed by atoms with E-state index >= 15 is 0 Å². The van der Waals surface area contributed by atoms with E-state index in [1.165, 1.54) is 0 Å². The highest BCUT2D eigenvalue weighted by atomic mass is 16.5. The summed E-state index contributed by atoms with van der Waals surface area (Å²) in [5.74, 6) is 0.682. The van der Waals surface area contributed by atoms with Crippen molar-refractivity contribution in [1.29, 1.82) is 0 Å². The molecule has 1 fully saturated rings. The number of nitrogens with zero attached hydrogens (tertiary/aromatic N) is 2. The van der Waals surface area contributed by atoms with Crippen molar-refractivity contribution in [1.82, 2.24) is 10.1 Å². The normalized spacial score (nSPS) is 18.1. The molecular formula is C15H18N2O3. The average molecular weight is 274 g/mol. The molecule has 1 N–H and O–H groups in total. The summed E-state index contributed by atoms with van der Waals surface area (Å²) >= 11 is 0. The highest BCUT2D eigenvalue weighted by molar-refractivity contribution is 5.56. The van der Waals surface area contributed by atoms with Gasteiger partial charge < -0.3 is 14.4 Å². The van der Waals surface area contributed by atoms with Crippen molar-refractivity contribution >= 4 is 0 Å². The van der Waals surface area contributed by atoms with E-state index in [2.05, 4.69) is 10.1 Å². The molecule has 1 aromatic heterocycles. The molecular weight excluding hydrogens is 256 g/mol. The number of benzene rings is 1. The summed E-state index contributed by atoms with van der Waals surface area (Å²) in [5, 5.41) is 14.2. The standard InChI is InChI=1S/C15H18N2O3/c18-14(11-17-6-8-19-9-7-17)13-10-15(20-16-13)12-4-2-1-3-5-12/h1-5,10,14,18H,6-9,11H2. The minimum atomic E-state index is -0.630. The van der Waals surface area contributed by atoms with E-state index in [1.54, 1.807) is 6.07 Å². The van der Waals surface area contributed by atoms with Crippen molar-refractivity contribution in [3.8, 4) is 11.3 Å². The van der Waals surface area contributed by atoms with Gasteiger partial charge in [-0.1, -0.05) is 35.5 Å². The van der Waals surface area contributed by atoms with Gasteiger partial charge >= 0.3 is 0 Å². The van der Waals surface area contributed by atoms with E-state index in [-0.39, 0.29) is 0 Å². The molecule has 0 spiro atoms. The van der Waals surface area contributed by atoms with Crippen LogP contribution in [0.1, 0.15) is 11.8 Å². The van der Waals surface area contributed by atoms with E-state index < -0.39 is 6.10 Å². The van der Waals surface area contributed by atoms with Crippen LogP contribution < -0.4 is 0 Å². The molecule has 1 aromatic carbocycles. The summed E-state index contributed by atoms with van der Waals surface area (Å²) in [5.41, 5.74) is 1.54. The summed E-state index contributed by atoms with van der Waals surface area (Å²) in [4.78, 5) is 2.17. The number of ether oxygens (including phenoxy) is 1. The topological polar surface area (TPSA) is 58.7 Å². The fourth-order valence-corrected chi connectivity index (χ4v) is 2.31. The fraction of sp³-hybridized carbons (Fsp3) is 0.400. The molecule has 0 saturated carbocycles. The van der Waals surface area contributed by atoms with Crippen molar-refractivity contribution in [3.63, 3.8) is 0 Å². The van der Waals surface area contributed by atoms with Gasteiger partial charge in [-0.15, -0.1) is 0 Å². The molecule has 1 unspecified atom stereocenters. The largest absolute Gasteiger partial charge is 0.385 e. The monoisotopic (exact) mass is 274 g/mol. The molecule has 1 aliphatic rings. The van der Waals surface area contributed by atoms with Crippen molar-refractivity contribution in [3.05, 3.63) is 42.1 Å². The van der Waals surface area contributed by atoms with Crippen LogP contribution in [0.3, 0.4) is 0 Å². The molecule has 1 saturated heterocycles. The second-order valence-corrected chi connectivity index (χ2v) is 4.91. The van der Waals surface area contributed by atoms with Gasteiger partial charge in [0.05, 0.1) is 13.2 Å². The maximum absolute atomic E-state index is 10.2. The molecule has 2 aromatic rings. The van der Waals surface area contributed by atoms with Gasteiger partial charge in [-0.05, 0) is 0 Å². The van der Waals surface area contributed by atoms with Crippen LogP contribution in [-0.2, 0) is 4.74 Å². The van der Waals surface area contributed by atoms with Crippen LogP contribution in [0.25, 0.3) is 11.3 Å². The van der Waals surface area contributed by atoms with Crippen LogP contribution in [0.4, 0.5) is 0 Å². The predicted octanol–water partition coefficient (Wildman–Crippen LogP) is 1.71. The van der Waals surface area contributed by atoms with E-state index in [1.807, 2.05) is 30.3 Å². The Morgan fingerprint density at radius 1 is 1.20 bits per heavy atom. The van der Waals surface area contributed by atoms with Crippen molar-refractivity contribution in [2.45, 2.75) is 6.10 Å². The highest BCUT2D eigenvalue weighted by Gasteiger charge is 2.19. The lowest BCUT2D eigenvalue weighted by Crippen LogP contribution is -2.38. The minimum Gasteiger partial charge on any atom is -0.385 e. The maximum atomic E-state index is 10.2. The molecule has 2 heterocycles. The molecule has 0 radical (unpaired) electrons. The van der Waals surface area contributed by atoms with Crippen LogP contribution in [0, 0.1) is 0 Å². The van der Waals surface area contributed by atoms with Gasteiger partial charge in [0.2, 0.25) is 0 Å². The predicted molar refractivity (Wildman–Crippen MR) is 74.2 cm³/mol. The van der Waals surface area contributed by atoms with Gasteiger partial charge in [-0.25, -0.2) is 0 Å². The number of morpholine rings is 1. The highest BCUT2D eigenvalue weighted by Crippen LogP contribution is 2.23. The first-order chi connectivity index (χ1) is 9.83. The van der Waals surface area contributed by atoms with Crippen LogP contribution in [-0.4, -0.2) is 48.0 Å². The summed E-state index contributed by atoms with van der Waals surface area (Å²) in [7, 11) is 0. The van der Waals surface area contributed by atoms with Crippen LogP contribution in [0.15, 0.2) is 40.9 Å². The lowest BCUT2D eigenvalue weighted by molar-refractivity contribution is 0.0130. The first kappa shape index (κ1) is 13.3. The molecule has 0 aliphatic carbocycles. The molecule has 106 valence electrons. The maximum Gasteiger partial charge on any atom is 0.167 e. The smallest absolute Gasteiger partial charge is 0.167 e. The molecule has 20 heavy (non-hydrogen) atoms. The summed E-state index contributed by atoms with van der Waals surface area (Å²) in [6, 6.07) is 11.6. The van der Waals surface area contributed by atoms with E-state index in [4.69, 9.17) is 9.26 Å². The van der Waals surface area contributed by atoms with E-state index in [0.717, 1.165) is 31.9 Å². The van der Waals surface area contributed by atoms with Gasteiger partial charge in [0.25, 0.3) is 0 Å². The average Bonchev–Trinajstić information content (AvgIpc) is 2.99. The number of β-amino-alcohol motifs (C(OH)–C–C–N with tert-alkyl or cyclic N) is 1. The van der Waals surface area contributed by atoms with Gasteiger partial charge in [-0.2, -0.15) is 0 Å². The molecule has 1 aliphatic heterocycles. The van der Waals surface area contributed by atoms with Crippen molar-refractivity contribution in [2.24, 2.45) is 0 Å². The van der Waals surface area contributed by atoms with Gasteiger partial charge in [0.15, 0.2) is 5.76 Å². The Hall–Kier alpha value is -1.69. The lowest BCUT2D eigenvalue weighted by Gasteiger charge is -2.27. The SMILES string of the molecule is OC(CN1CCOCC1)c1cc(-c2ccccc2)on1. The number of aliphatic hydroxyl groups excluding tert-OH is 1. The number of hydrogen-bond acceptors (Lipinski definition) is 5. The quantitative estimate of drug-likeness (QED) is 0.919. The van der Waals surface area contributed by atoms with E-state index in [0.29, 0.717) is 18.0 Å². The Morgan fingerprint density at radius 3 is 2.70 bits per heavy atom. The number of aromatic nitrogens is 1. The van der Waals surface area contributed by atoms with Gasteiger partial charge in [0.1, 0.15) is 11.8 Å². The Labute approximate surface area is 117 Å². The van der Waals surface area contributed by atoms with Crippen LogP contribution >= 0.6 is 0 Å². The zero-order valence-electron chi connectivity index (χ0n) is 11.2. The first-order valence-electron chi connectivity index (χ1n) is 6.83. The van der Waals surface area contributed by atoms with Gasteiger partial charge in [-0.3, -0.25) is 4.90 Å². The number of rotatable bonds is 4. The summed E-state index contributed by atoms with van der Waals surface area (Å²) in [6.45, 7) is 3.70.